The number of aromatic nitrogens is 2. The summed E-state index contributed by atoms with van der Waals surface area (Å²) in [5.41, 5.74) is 6.50. The number of nitrogen functional groups attached to an aromatic ring is 1. The molecule has 0 radical (unpaired) electrons. The third kappa shape index (κ3) is 2.68. The third-order valence-corrected chi connectivity index (χ3v) is 2.91. The van der Waals surface area contributed by atoms with E-state index in [-0.39, 0.29) is 22.7 Å². The second-order valence-corrected chi connectivity index (χ2v) is 4.22. The van der Waals surface area contributed by atoms with E-state index in [0.717, 1.165) is 5.56 Å². The first-order chi connectivity index (χ1) is 8.58. The molecule has 0 bridgehead atoms. The van der Waals surface area contributed by atoms with Crippen LogP contribution in [0.5, 0.6) is 0 Å². The largest absolute Gasteiger partial charge is 0.382 e. The molecule has 2 aromatic rings. The van der Waals surface area contributed by atoms with E-state index in [1.54, 1.807) is 12.1 Å². The van der Waals surface area contributed by atoms with Gasteiger partial charge in [-0.15, -0.1) is 0 Å². The monoisotopic (exact) mass is 266 g/mol. The van der Waals surface area contributed by atoms with Gasteiger partial charge in [0, 0.05) is 6.04 Å². The SMILES string of the molecule is CC(Nc1ncnc(N)c1Cl)c1ccc(F)cc1. The van der Waals surface area contributed by atoms with Gasteiger partial charge >= 0.3 is 0 Å². The number of nitrogens with two attached hydrogens (primary N) is 1. The Balaban J connectivity index is 2.18. The molecule has 1 unspecified atom stereocenters. The molecule has 18 heavy (non-hydrogen) atoms. The van der Waals surface area contributed by atoms with Crippen molar-refractivity contribution in [3.63, 3.8) is 0 Å². The van der Waals surface area contributed by atoms with Crippen LogP contribution in [0.25, 0.3) is 0 Å². The molecule has 94 valence electrons. The first kappa shape index (κ1) is 12.6. The van der Waals surface area contributed by atoms with Crippen molar-refractivity contribution in [3.05, 3.63) is 47.0 Å². The van der Waals surface area contributed by atoms with Gasteiger partial charge in [0.1, 0.15) is 23.0 Å². The number of benzene rings is 1. The van der Waals surface area contributed by atoms with Gasteiger partial charge in [-0.2, -0.15) is 0 Å². The lowest BCUT2D eigenvalue weighted by molar-refractivity contribution is 0.626. The quantitative estimate of drug-likeness (QED) is 0.896. The number of hydrogen-bond acceptors (Lipinski definition) is 4. The first-order valence-electron chi connectivity index (χ1n) is 5.36. The first-order valence-corrected chi connectivity index (χ1v) is 5.73. The summed E-state index contributed by atoms with van der Waals surface area (Å²) < 4.78 is 12.8. The topological polar surface area (TPSA) is 63.8 Å². The number of anilines is 2. The van der Waals surface area contributed by atoms with Crippen molar-refractivity contribution in [2.45, 2.75) is 13.0 Å². The molecule has 1 aromatic heterocycles. The highest BCUT2D eigenvalue weighted by Gasteiger charge is 2.11. The van der Waals surface area contributed by atoms with Crippen molar-refractivity contribution < 1.29 is 4.39 Å². The third-order valence-electron chi connectivity index (χ3n) is 2.54. The van der Waals surface area contributed by atoms with Crippen LogP contribution in [-0.4, -0.2) is 9.97 Å². The summed E-state index contributed by atoms with van der Waals surface area (Å²) in [5.74, 6) is 0.414. The van der Waals surface area contributed by atoms with Gasteiger partial charge in [0.25, 0.3) is 0 Å². The van der Waals surface area contributed by atoms with Crippen LogP contribution in [0.15, 0.2) is 30.6 Å². The van der Waals surface area contributed by atoms with E-state index >= 15 is 0 Å². The molecular weight excluding hydrogens is 255 g/mol. The molecule has 1 heterocycles. The fraction of sp³-hybridized carbons (Fsp3) is 0.167. The minimum atomic E-state index is -0.268. The molecule has 4 nitrogen and oxygen atoms in total. The molecular formula is C12H12ClFN4. The second kappa shape index (κ2) is 5.18. The summed E-state index contributed by atoms with van der Waals surface area (Å²) in [4.78, 5) is 7.79. The van der Waals surface area contributed by atoms with Gasteiger partial charge < -0.3 is 11.1 Å². The Kier molecular flexibility index (Phi) is 3.62. The zero-order chi connectivity index (χ0) is 13.1. The lowest BCUT2D eigenvalue weighted by Crippen LogP contribution is -2.09. The molecule has 0 saturated carbocycles. The van der Waals surface area contributed by atoms with E-state index in [1.165, 1.54) is 18.5 Å². The van der Waals surface area contributed by atoms with Crippen LogP contribution in [0.3, 0.4) is 0 Å². The van der Waals surface area contributed by atoms with Crippen molar-refractivity contribution in [3.8, 4) is 0 Å². The summed E-state index contributed by atoms with van der Waals surface area (Å²) in [5, 5.41) is 3.38. The van der Waals surface area contributed by atoms with Crippen molar-refractivity contribution in [2.24, 2.45) is 0 Å². The predicted molar refractivity (Wildman–Crippen MR) is 69.9 cm³/mol. The van der Waals surface area contributed by atoms with Crippen LogP contribution >= 0.6 is 11.6 Å². The van der Waals surface area contributed by atoms with Gasteiger partial charge in [0.2, 0.25) is 0 Å². The van der Waals surface area contributed by atoms with Gasteiger partial charge in [0.05, 0.1) is 0 Å². The molecule has 0 aliphatic carbocycles. The molecule has 0 aliphatic heterocycles. The van der Waals surface area contributed by atoms with Gasteiger partial charge in [-0.1, -0.05) is 23.7 Å². The fourth-order valence-corrected chi connectivity index (χ4v) is 1.68. The number of hydrogen-bond donors (Lipinski definition) is 2. The van der Waals surface area contributed by atoms with Crippen molar-refractivity contribution in [1.82, 2.24) is 9.97 Å². The molecule has 0 amide bonds. The van der Waals surface area contributed by atoms with Crippen LogP contribution in [0.2, 0.25) is 5.02 Å². The standard InChI is InChI=1S/C12H12ClFN4/c1-7(8-2-4-9(14)5-3-8)18-12-10(13)11(15)16-6-17-12/h2-7H,1H3,(H3,15,16,17,18). The van der Waals surface area contributed by atoms with E-state index < -0.39 is 0 Å². The van der Waals surface area contributed by atoms with E-state index in [1.807, 2.05) is 6.92 Å². The second-order valence-electron chi connectivity index (χ2n) is 3.84. The Morgan fingerprint density at radius 3 is 2.61 bits per heavy atom. The number of nitrogens with zero attached hydrogens (tertiary/aromatic N) is 2. The fourth-order valence-electron chi connectivity index (χ4n) is 1.52. The molecule has 0 fully saturated rings. The molecule has 2 rings (SSSR count). The van der Waals surface area contributed by atoms with E-state index in [4.69, 9.17) is 17.3 Å². The summed E-state index contributed by atoms with van der Waals surface area (Å²) in [7, 11) is 0. The summed E-state index contributed by atoms with van der Waals surface area (Å²) in [6.07, 6.45) is 1.33. The summed E-state index contributed by atoms with van der Waals surface area (Å²) in [6, 6.07) is 6.14. The normalized spacial score (nSPS) is 12.2. The van der Waals surface area contributed by atoms with Gasteiger partial charge in [-0.25, -0.2) is 14.4 Å². The summed E-state index contributed by atoms with van der Waals surface area (Å²) >= 11 is 5.98. The molecule has 1 atom stereocenters. The lowest BCUT2D eigenvalue weighted by atomic mass is 10.1. The maximum atomic E-state index is 12.8. The van der Waals surface area contributed by atoms with Gasteiger partial charge in [-0.05, 0) is 24.6 Å². The molecule has 0 saturated heterocycles. The minimum absolute atomic E-state index is 0.0719. The van der Waals surface area contributed by atoms with E-state index in [2.05, 4.69) is 15.3 Å². The Hall–Kier alpha value is -1.88. The number of nitrogens with one attached hydrogen (secondary N) is 1. The van der Waals surface area contributed by atoms with E-state index in [0.29, 0.717) is 5.82 Å². The zero-order valence-electron chi connectivity index (χ0n) is 9.69. The Bertz CT molecular complexity index is 544. The summed E-state index contributed by atoms with van der Waals surface area (Å²) in [6.45, 7) is 1.92. The lowest BCUT2D eigenvalue weighted by Gasteiger charge is -2.16. The Morgan fingerprint density at radius 2 is 1.94 bits per heavy atom. The molecule has 0 spiro atoms. The molecule has 1 aromatic carbocycles. The maximum absolute atomic E-state index is 12.8. The number of halogens is 2. The van der Waals surface area contributed by atoms with Crippen LogP contribution in [0, 0.1) is 5.82 Å². The highest BCUT2D eigenvalue weighted by Crippen LogP contribution is 2.27. The van der Waals surface area contributed by atoms with Crippen LogP contribution < -0.4 is 11.1 Å². The van der Waals surface area contributed by atoms with E-state index in [9.17, 15) is 4.39 Å². The highest BCUT2D eigenvalue weighted by molar-refractivity contribution is 6.35. The predicted octanol–water partition coefficient (Wildman–Crippen LogP) is 3.02. The zero-order valence-corrected chi connectivity index (χ0v) is 10.4. The Morgan fingerprint density at radius 1 is 1.28 bits per heavy atom. The van der Waals surface area contributed by atoms with Crippen molar-refractivity contribution >= 4 is 23.2 Å². The average Bonchev–Trinajstić information content (AvgIpc) is 2.36. The average molecular weight is 267 g/mol. The Labute approximate surface area is 109 Å². The van der Waals surface area contributed by atoms with Crippen LogP contribution in [0.1, 0.15) is 18.5 Å². The van der Waals surface area contributed by atoms with Gasteiger partial charge in [0.15, 0.2) is 5.82 Å². The van der Waals surface area contributed by atoms with Gasteiger partial charge in [-0.3, -0.25) is 0 Å². The molecule has 3 N–H and O–H groups in total. The van der Waals surface area contributed by atoms with Crippen molar-refractivity contribution in [2.75, 3.05) is 11.1 Å². The minimum Gasteiger partial charge on any atom is -0.382 e. The van der Waals surface area contributed by atoms with Crippen LogP contribution in [0.4, 0.5) is 16.0 Å². The smallest absolute Gasteiger partial charge is 0.150 e. The highest BCUT2D eigenvalue weighted by atomic mass is 35.5. The molecule has 6 heteroatoms. The number of rotatable bonds is 3. The molecule has 0 aliphatic rings. The van der Waals surface area contributed by atoms with Crippen LogP contribution in [-0.2, 0) is 0 Å². The maximum Gasteiger partial charge on any atom is 0.150 e. The van der Waals surface area contributed by atoms with Crippen molar-refractivity contribution in [1.29, 1.82) is 0 Å².